The van der Waals surface area contributed by atoms with E-state index in [2.05, 4.69) is 68.7 Å². The zero-order valence-electron chi connectivity index (χ0n) is 11.9. The molecule has 0 aliphatic rings. The summed E-state index contributed by atoms with van der Waals surface area (Å²) in [4.78, 5) is 2.21. The Balaban J connectivity index is 2.73. The molecule has 2 aromatic rings. The normalized spacial score (nSPS) is 15.3. The third-order valence-corrected chi connectivity index (χ3v) is 3.80. The van der Waals surface area contributed by atoms with Crippen LogP contribution in [0.3, 0.4) is 0 Å². The molecule has 2 N–H and O–H groups in total. The molecule has 0 radical (unpaired) electrons. The molecule has 0 amide bonds. The maximum absolute atomic E-state index is 6.19. The molecule has 1 aromatic carbocycles. The van der Waals surface area contributed by atoms with E-state index >= 15 is 0 Å². The smallest absolute Gasteiger partial charge is 0.0515 e. The summed E-state index contributed by atoms with van der Waals surface area (Å²) in [5.41, 5.74) is 10.1. The van der Waals surface area contributed by atoms with Gasteiger partial charge in [0.1, 0.15) is 0 Å². The van der Waals surface area contributed by atoms with Crippen LogP contribution in [0.1, 0.15) is 24.2 Å². The molecule has 1 heterocycles. The number of para-hydroxylation sites is 1. The van der Waals surface area contributed by atoms with Gasteiger partial charge in [0.25, 0.3) is 0 Å². The number of nitrogens with zero attached hydrogens (tertiary/aromatic N) is 2. The van der Waals surface area contributed by atoms with Crippen molar-refractivity contribution in [3.63, 3.8) is 0 Å². The first-order chi connectivity index (χ1) is 8.45. The molecule has 2 rings (SSSR count). The first kappa shape index (κ1) is 13.1. The van der Waals surface area contributed by atoms with Gasteiger partial charge in [0.15, 0.2) is 0 Å². The van der Waals surface area contributed by atoms with Crippen LogP contribution in [0, 0.1) is 6.92 Å². The van der Waals surface area contributed by atoms with Crippen molar-refractivity contribution in [2.75, 3.05) is 14.1 Å². The van der Waals surface area contributed by atoms with Gasteiger partial charge < -0.3 is 15.2 Å². The number of likely N-dealkylation sites (N-methyl/N-ethyl adjacent to an activating group) is 1. The van der Waals surface area contributed by atoms with Gasteiger partial charge in [0.05, 0.1) is 6.04 Å². The number of hydrogen-bond donors (Lipinski definition) is 1. The van der Waals surface area contributed by atoms with Crippen LogP contribution in [0.2, 0.25) is 0 Å². The van der Waals surface area contributed by atoms with E-state index in [4.69, 9.17) is 5.73 Å². The minimum Gasteiger partial charge on any atom is -0.348 e. The number of nitrogens with two attached hydrogens (primary N) is 1. The predicted octanol–water partition coefficient (Wildman–Crippen LogP) is 2.44. The molecule has 3 heteroatoms. The maximum atomic E-state index is 6.19. The van der Waals surface area contributed by atoms with E-state index in [9.17, 15) is 0 Å². The van der Waals surface area contributed by atoms with E-state index in [1.165, 1.54) is 22.2 Å². The average molecular weight is 245 g/mol. The standard InChI is InChI=1S/C15H23N3/c1-10(16)15(17(3)4)14-11(2)18(5)13-9-7-6-8-12(13)14/h6-10,15H,16H2,1-5H3. The van der Waals surface area contributed by atoms with Gasteiger partial charge in [-0.25, -0.2) is 0 Å². The van der Waals surface area contributed by atoms with Gasteiger partial charge in [0, 0.05) is 29.7 Å². The summed E-state index contributed by atoms with van der Waals surface area (Å²) in [5.74, 6) is 0. The van der Waals surface area contributed by atoms with E-state index < -0.39 is 0 Å². The van der Waals surface area contributed by atoms with Gasteiger partial charge >= 0.3 is 0 Å². The summed E-state index contributed by atoms with van der Waals surface area (Å²) in [6, 6.07) is 8.89. The molecule has 3 nitrogen and oxygen atoms in total. The highest BCUT2D eigenvalue weighted by atomic mass is 15.1. The number of fused-ring (bicyclic) bond motifs is 1. The molecule has 2 atom stereocenters. The van der Waals surface area contributed by atoms with Gasteiger partial charge in [-0.15, -0.1) is 0 Å². The molecule has 0 aliphatic heterocycles. The van der Waals surface area contributed by atoms with Gasteiger partial charge in [-0.3, -0.25) is 0 Å². The summed E-state index contributed by atoms with van der Waals surface area (Å²) >= 11 is 0. The van der Waals surface area contributed by atoms with Gasteiger partial charge in [-0.2, -0.15) is 0 Å². The summed E-state index contributed by atoms with van der Waals surface area (Å²) in [6.45, 7) is 4.25. The monoisotopic (exact) mass is 245 g/mol. The Morgan fingerprint density at radius 2 is 1.83 bits per heavy atom. The number of hydrogen-bond acceptors (Lipinski definition) is 2. The summed E-state index contributed by atoms with van der Waals surface area (Å²) in [6.07, 6.45) is 0. The largest absolute Gasteiger partial charge is 0.348 e. The molecule has 0 bridgehead atoms. The topological polar surface area (TPSA) is 34.2 Å². The lowest BCUT2D eigenvalue weighted by Gasteiger charge is -2.28. The van der Waals surface area contributed by atoms with E-state index in [1.807, 2.05) is 0 Å². The minimum atomic E-state index is 0.101. The van der Waals surface area contributed by atoms with Gasteiger partial charge in [-0.05, 0) is 39.6 Å². The molecule has 0 saturated heterocycles. The van der Waals surface area contributed by atoms with Crippen LogP contribution in [0.4, 0.5) is 0 Å². The third kappa shape index (κ3) is 1.93. The second-order valence-corrected chi connectivity index (χ2v) is 5.34. The summed E-state index contributed by atoms with van der Waals surface area (Å²) in [7, 11) is 6.31. The molecule has 0 fully saturated rings. The van der Waals surface area contributed by atoms with Crippen LogP contribution in [-0.2, 0) is 7.05 Å². The number of benzene rings is 1. The number of aromatic nitrogens is 1. The predicted molar refractivity (Wildman–Crippen MR) is 77.7 cm³/mol. The fourth-order valence-electron chi connectivity index (χ4n) is 2.91. The van der Waals surface area contributed by atoms with Crippen molar-refractivity contribution >= 4 is 10.9 Å². The van der Waals surface area contributed by atoms with Crippen molar-refractivity contribution in [3.8, 4) is 0 Å². The Morgan fingerprint density at radius 1 is 1.22 bits per heavy atom. The first-order valence-corrected chi connectivity index (χ1v) is 6.41. The Kier molecular flexibility index (Phi) is 3.46. The number of rotatable bonds is 3. The molecule has 2 unspecified atom stereocenters. The van der Waals surface area contributed by atoms with Crippen molar-refractivity contribution in [2.45, 2.75) is 25.9 Å². The molecule has 1 aromatic heterocycles. The second kappa shape index (κ2) is 4.75. The van der Waals surface area contributed by atoms with E-state index in [-0.39, 0.29) is 12.1 Å². The lowest BCUT2D eigenvalue weighted by Crippen LogP contribution is -2.35. The van der Waals surface area contributed by atoms with Crippen LogP contribution in [0.15, 0.2) is 24.3 Å². The molecular weight excluding hydrogens is 222 g/mol. The fraction of sp³-hybridized carbons (Fsp3) is 0.467. The van der Waals surface area contributed by atoms with Crippen LogP contribution < -0.4 is 5.73 Å². The first-order valence-electron chi connectivity index (χ1n) is 6.41. The molecule has 0 saturated carbocycles. The second-order valence-electron chi connectivity index (χ2n) is 5.34. The van der Waals surface area contributed by atoms with E-state index in [1.54, 1.807) is 0 Å². The maximum Gasteiger partial charge on any atom is 0.0515 e. The van der Waals surface area contributed by atoms with Crippen LogP contribution in [0.5, 0.6) is 0 Å². The van der Waals surface area contributed by atoms with Crippen molar-refractivity contribution in [2.24, 2.45) is 12.8 Å². The van der Waals surface area contributed by atoms with Gasteiger partial charge in [0.2, 0.25) is 0 Å². The Labute approximate surface area is 109 Å². The molecule has 0 aliphatic carbocycles. The molecule has 0 spiro atoms. The highest BCUT2D eigenvalue weighted by Gasteiger charge is 2.25. The summed E-state index contributed by atoms with van der Waals surface area (Å²) < 4.78 is 2.25. The van der Waals surface area contributed by atoms with Crippen molar-refractivity contribution in [1.29, 1.82) is 0 Å². The Bertz CT molecular complexity index is 544. The zero-order valence-corrected chi connectivity index (χ0v) is 11.9. The highest BCUT2D eigenvalue weighted by molar-refractivity contribution is 5.86. The van der Waals surface area contributed by atoms with Crippen molar-refractivity contribution in [3.05, 3.63) is 35.5 Å². The van der Waals surface area contributed by atoms with Crippen LogP contribution in [0.25, 0.3) is 10.9 Å². The summed E-state index contributed by atoms with van der Waals surface area (Å²) in [5, 5.41) is 1.31. The van der Waals surface area contributed by atoms with Crippen LogP contribution >= 0.6 is 0 Å². The lowest BCUT2D eigenvalue weighted by molar-refractivity contribution is 0.266. The Hall–Kier alpha value is -1.32. The quantitative estimate of drug-likeness (QED) is 0.901. The molecule has 98 valence electrons. The zero-order chi connectivity index (χ0) is 13.4. The third-order valence-electron chi connectivity index (χ3n) is 3.80. The van der Waals surface area contributed by atoms with Crippen LogP contribution in [-0.4, -0.2) is 29.6 Å². The molecular formula is C15H23N3. The van der Waals surface area contributed by atoms with Crippen molar-refractivity contribution in [1.82, 2.24) is 9.47 Å². The lowest BCUT2D eigenvalue weighted by atomic mass is 9.97. The van der Waals surface area contributed by atoms with E-state index in [0.717, 1.165) is 0 Å². The number of aryl methyl sites for hydroxylation is 1. The van der Waals surface area contributed by atoms with Crippen molar-refractivity contribution < 1.29 is 0 Å². The molecule has 18 heavy (non-hydrogen) atoms. The average Bonchev–Trinajstić information content (AvgIpc) is 2.55. The SMILES string of the molecule is Cc1c(C(C(C)N)N(C)C)c2ccccc2n1C. The van der Waals surface area contributed by atoms with Gasteiger partial charge in [-0.1, -0.05) is 18.2 Å². The van der Waals surface area contributed by atoms with E-state index in [0.29, 0.717) is 0 Å². The Morgan fingerprint density at radius 3 is 2.39 bits per heavy atom. The highest BCUT2D eigenvalue weighted by Crippen LogP contribution is 2.33. The fourth-order valence-corrected chi connectivity index (χ4v) is 2.91. The minimum absolute atomic E-state index is 0.101.